The molecule has 0 aliphatic rings. The molecule has 0 aliphatic carbocycles. The number of carbonyl (C=O) groups excluding carboxylic acids is 1. The summed E-state index contributed by atoms with van der Waals surface area (Å²) in [7, 11) is 0. The minimum Gasteiger partial charge on any atom is -0.299 e. The zero-order valence-corrected chi connectivity index (χ0v) is 8.31. The van der Waals surface area contributed by atoms with Gasteiger partial charge in [0.25, 0.3) is 0 Å². The standard InChI is InChI=1S/C11H18O/c1-4-7-8-9-11(12)10(5-2)6-3/h10H,5-6,8-9H2,1-3H3. The van der Waals surface area contributed by atoms with Crippen LogP contribution in [0.5, 0.6) is 0 Å². The van der Waals surface area contributed by atoms with Gasteiger partial charge in [0, 0.05) is 18.8 Å². The van der Waals surface area contributed by atoms with Gasteiger partial charge >= 0.3 is 0 Å². The molecule has 0 aromatic heterocycles. The molecule has 0 heterocycles. The van der Waals surface area contributed by atoms with Gasteiger partial charge in [0.05, 0.1) is 0 Å². The molecule has 0 rings (SSSR count). The van der Waals surface area contributed by atoms with E-state index < -0.39 is 0 Å². The third-order valence-electron chi connectivity index (χ3n) is 2.11. The summed E-state index contributed by atoms with van der Waals surface area (Å²) in [4.78, 5) is 11.4. The maximum Gasteiger partial charge on any atom is 0.136 e. The molecule has 12 heavy (non-hydrogen) atoms. The average Bonchev–Trinajstić information content (AvgIpc) is 2.07. The van der Waals surface area contributed by atoms with Crippen molar-refractivity contribution < 1.29 is 4.79 Å². The first kappa shape index (κ1) is 11.2. The minimum absolute atomic E-state index is 0.267. The molecule has 0 aliphatic heterocycles. The summed E-state index contributed by atoms with van der Waals surface area (Å²) in [5.41, 5.74) is 0. The number of carbonyl (C=O) groups is 1. The Bertz CT molecular complexity index is 179. The molecule has 1 heteroatoms. The lowest BCUT2D eigenvalue weighted by atomic mass is 9.95. The Kier molecular flexibility index (Phi) is 6.47. The lowest BCUT2D eigenvalue weighted by Gasteiger charge is -2.08. The molecule has 0 amide bonds. The molecule has 0 atom stereocenters. The molecule has 0 spiro atoms. The van der Waals surface area contributed by atoms with E-state index in [-0.39, 0.29) is 5.92 Å². The van der Waals surface area contributed by atoms with Crippen LogP contribution in [0.3, 0.4) is 0 Å². The van der Waals surface area contributed by atoms with Crippen LogP contribution in [0.1, 0.15) is 46.5 Å². The van der Waals surface area contributed by atoms with Crippen LogP contribution in [0.15, 0.2) is 0 Å². The zero-order valence-electron chi connectivity index (χ0n) is 8.31. The van der Waals surface area contributed by atoms with E-state index in [0.29, 0.717) is 12.2 Å². The molecule has 0 unspecified atom stereocenters. The van der Waals surface area contributed by atoms with Crippen molar-refractivity contribution in [3.63, 3.8) is 0 Å². The van der Waals surface area contributed by atoms with Crippen molar-refractivity contribution in [2.45, 2.75) is 46.5 Å². The predicted molar refractivity (Wildman–Crippen MR) is 51.8 cm³/mol. The SMILES string of the molecule is CC#CCCC(=O)C(CC)CC. The lowest BCUT2D eigenvalue weighted by Crippen LogP contribution is -2.11. The second kappa shape index (κ2) is 6.91. The second-order valence-electron chi connectivity index (χ2n) is 2.91. The number of Topliss-reactive ketones (excluding diaryl/α,β-unsaturated/α-hetero) is 1. The molecular formula is C11H18O. The fourth-order valence-electron chi connectivity index (χ4n) is 1.26. The topological polar surface area (TPSA) is 17.1 Å². The van der Waals surface area contributed by atoms with Gasteiger partial charge in [0.1, 0.15) is 5.78 Å². The third kappa shape index (κ3) is 4.18. The molecule has 0 radical (unpaired) electrons. The Morgan fingerprint density at radius 1 is 1.33 bits per heavy atom. The molecular weight excluding hydrogens is 148 g/mol. The monoisotopic (exact) mass is 166 g/mol. The first-order valence-electron chi connectivity index (χ1n) is 4.68. The molecule has 0 N–H and O–H groups in total. The number of hydrogen-bond donors (Lipinski definition) is 0. The van der Waals surface area contributed by atoms with Gasteiger partial charge in [0.15, 0.2) is 0 Å². The van der Waals surface area contributed by atoms with Crippen molar-refractivity contribution in [1.82, 2.24) is 0 Å². The Morgan fingerprint density at radius 3 is 2.33 bits per heavy atom. The number of ketones is 1. The van der Waals surface area contributed by atoms with E-state index in [1.165, 1.54) is 0 Å². The lowest BCUT2D eigenvalue weighted by molar-refractivity contribution is -0.122. The van der Waals surface area contributed by atoms with Crippen LogP contribution >= 0.6 is 0 Å². The molecule has 68 valence electrons. The van der Waals surface area contributed by atoms with Crippen LogP contribution in [0.25, 0.3) is 0 Å². The minimum atomic E-state index is 0.267. The molecule has 0 fully saturated rings. The highest BCUT2D eigenvalue weighted by atomic mass is 16.1. The number of rotatable bonds is 5. The maximum absolute atomic E-state index is 11.4. The Hall–Kier alpha value is -0.770. The summed E-state index contributed by atoms with van der Waals surface area (Å²) < 4.78 is 0. The Labute approximate surface area is 75.5 Å². The van der Waals surface area contributed by atoms with E-state index in [1.807, 2.05) is 6.92 Å². The van der Waals surface area contributed by atoms with Crippen molar-refractivity contribution in [2.24, 2.45) is 5.92 Å². The summed E-state index contributed by atoms with van der Waals surface area (Å²) in [5.74, 6) is 6.35. The fraction of sp³-hybridized carbons (Fsp3) is 0.727. The summed E-state index contributed by atoms with van der Waals surface area (Å²) >= 11 is 0. The van der Waals surface area contributed by atoms with E-state index in [2.05, 4.69) is 25.7 Å². The van der Waals surface area contributed by atoms with Crippen LogP contribution < -0.4 is 0 Å². The Morgan fingerprint density at radius 2 is 1.92 bits per heavy atom. The predicted octanol–water partition coefficient (Wildman–Crippen LogP) is 2.80. The highest BCUT2D eigenvalue weighted by molar-refractivity contribution is 5.81. The van der Waals surface area contributed by atoms with Crippen LogP contribution in [0.2, 0.25) is 0 Å². The average molecular weight is 166 g/mol. The Balaban J connectivity index is 3.74. The molecule has 1 nitrogen and oxygen atoms in total. The maximum atomic E-state index is 11.4. The zero-order chi connectivity index (χ0) is 9.40. The third-order valence-corrected chi connectivity index (χ3v) is 2.11. The highest BCUT2D eigenvalue weighted by Gasteiger charge is 2.12. The van der Waals surface area contributed by atoms with Gasteiger partial charge in [-0.15, -0.1) is 11.8 Å². The van der Waals surface area contributed by atoms with E-state index in [9.17, 15) is 4.79 Å². The van der Waals surface area contributed by atoms with E-state index in [4.69, 9.17) is 0 Å². The van der Waals surface area contributed by atoms with Crippen molar-refractivity contribution in [3.8, 4) is 11.8 Å². The smallest absolute Gasteiger partial charge is 0.136 e. The van der Waals surface area contributed by atoms with E-state index in [0.717, 1.165) is 19.3 Å². The van der Waals surface area contributed by atoms with Gasteiger partial charge in [-0.3, -0.25) is 4.79 Å². The van der Waals surface area contributed by atoms with Crippen molar-refractivity contribution in [1.29, 1.82) is 0 Å². The summed E-state index contributed by atoms with van der Waals surface area (Å²) in [6, 6.07) is 0. The van der Waals surface area contributed by atoms with E-state index in [1.54, 1.807) is 0 Å². The molecule has 0 saturated carbocycles. The first-order chi connectivity index (χ1) is 5.76. The largest absolute Gasteiger partial charge is 0.299 e. The van der Waals surface area contributed by atoms with Gasteiger partial charge in [-0.1, -0.05) is 13.8 Å². The van der Waals surface area contributed by atoms with Gasteiger partial charge in [-0.2, -0.15) is 0 Å². The van der Waals surface area contributed by atoms with Gasteiger partial charge in [0.2, 0.25) is 0 Å². The van der Waals surface area contributed by atoms with Crippen LogP contribution in [0, 0.1) is 17.8 Å². The summed E-state index contributed by atoms with van der Waals surface area (Å²) in [5, 5.41) is 0. The van der Waals surface area contributed by atoms with Gasteiger partial charge in [-0.05, 0) is 19.8 Å². The van der Waals surface area contributed by atoms with Crippen molar-refractivity contribution in [2.75, 3.05) is 0 Å². The van der Waals surface area contributed by atoms with Gasteiger partial charge < -0.3 is 0 Å². The fourth-order valence-corrected chi connectivity index (χ4v) is 1.26. The first-order valence-corrected chi connectivity index (χ1v) is 4.68. The summed E-state index contributed by atoms with van der Waals surface area (Å²) in [6.07, 6.45) is 3.29. The van der Waals surface area contributed by atoms with Crippen molar-refractivity contribution in [3.05, 3.63) is 0 Å². The molecule has 0 bridgehead atoms. The normalized spacial score (nSPS) is 9.33. The second-order valence-corrected chi connectivity index (χ2v) is 2.91. The molecule has 0 saturated heterocycles. The van der Waals surface area contributed by atoms with E-state index >= 15 is 0 Å². The number of hydrogen-bond acceptors (Lipinski definition) is 1. The van der Waals surface area contributed by atoms with Crippen molar-refractivity contribution >= 4 is 5.78 Å². The van der Waals surface area contributed by atoms with Crippen LogP contribution in [0.4, 0.5) is 0 Å². The summed E-state index contributed by atoms with van der Waals surface area (Å²) in [6.45, 7) is 5.94. The van der Waals surface area contributed by atoms with Gasteiger partial charge in [-0.25, -0.2) is 0 Å². The van der Waals surface area contributed by atoms with Crippen LogP contribution in [-0.2, 0) is 4.79 Å². The quantitative estimate of drug-likeness (QED) is 0.574. The molecule has 0 aromatic rings. The highest BCUT2D eigenvalue weighted by Crippen LogP contribution is 2.11. The molecule has 0 aromatic carbocycles. The van der Waals surface area contributed by atoms with Crippen LogP contribution in [-0.4, -0.2) is 5.78 Å².